The molecular weight excluding hydrogens is 186 g/mol. The van der Waals surface area contributed by atoms with E-state index in [1.807, 2.05) is 6.92 Å². The molecule has 0 N–H and O–H groups in total. The van der Waals surface area contributed by atoms with Crippen molar-refractivity contribution in [1.29, 1.82) is 5.26 Å². The Morgan fingerprint density at radius 2 is 2.62 bits per heavy atom. The van der Waals surface area contributed by atoms with E-state index in [0.29, 0.717) is 17.3 Å². The number of hydrogen-bond donors (Lipinski definition) is 0. The Balaban J connectivity index is 3.08. The third kappa shape index (κ3) is 1.66. The minimum atomic E-state index is -0.0288. The smallest absolute Gasteiger partial charge is 0.291 e. The molecule has 0 spiro atoms. The monoisotopic (exact) mass is 193 g/mol. The largest absolute Gasteiger partial charge is 0.315 e. The van der Waals surface area contributed by atoms with Gasteiger partial charge in [0, 0.05) is 6.54 Å². The van der Waals surface area contributed by atoms with Crippen molar-refractivity contribution in [3.05, 3.63) is 22.1 Å². The maximum atomic E-state index is 11.2. The van der Waals surface area contributed by atoms with Crippen LogP contribution in [0.25, 0.3) is 4.85 Å². The summed E-state index contributed by atoms with van der Waals surface area (Å²) in [6, 6.07) is 1.79. The molecule has 4 nitrogen and oxygen atoms in total. The van der Waals surface area contributed by atoms with Crippen LogP contribution in [-0.2, 0) is 4.79 Å². The predicted molar refractivity (Wildman–Crippen MR) is 49.1 cm³/mol. The van der Waals surface area contributed by atoms with E-state index in [1.54, 1.807) is 6.07 Å². The van der Waals surface area contributed by atoms with Gasteiger partial charge in [-0.25, -0.2) is 10.1 Å². The summed E-state index contributed by atoms with van der Waals surface area (Å²) < 4.78 is 0. The topological polar surface area (TPSA) is 48.5 Å². The Morgan fingerprint density at radius 3 is 3.08 bits per heavy atom. The fourth-order valence-corrected chi connectivity index (χ4v) is 2.07. The molecule has 0 atom stereocenters. The lowest BCUT2D eigenvalue weighted by atomic mass is 10.4. The Labute approximate surface area is 80.6 Å². The number of nitrogens with zero attached hydrogens (tertiary/aromatic N) is 3. The van der Waals surface area contributed by atoms with Gasteiger partial charge in [0.2, 0.25) is 5.91 Å². The first kappa shape index (κ1) is 9.63. The van der Waals surface area contributed by atoms with Crippen LogP contribution < -0.4 is 0 Å². The first-order chi connectivity index (χ1) is 6.24. The van der Waals surface area contributed by atoms with Gasteiger partial charge in [0.05, 0.1) is 23.4 Å². The van der Waals surface area contributed by atoms with Gasteiger partial charge in [-0.05, 0) is 6.92 Å². The standard InChI is InChI=1S/C8H7N3OS/c1-3-11-7(12)5-13-8(11)6(4-9)10-2/h3,5H2,1H3. The van der Waals surface area contributed by atoms with Crippen molar-refractivity contribution in [3.8, 4) is 6.07 Å². The summed E-state index contributed by atoms with van der Waals surface area (Å²) in [5.74, 6) is 0.308. The third-order valence-corrected chi connectivity index (χ3v) is 2.69. The van der Waals surface area contributed by atoms with Crippen LogP contribution in [0, 0.1) is 17.9 Å². The molecule has 0 unspecified atom stereocenters. The fraction of sp³-hybridized carbons (Fsp3) is 0.375. The van der Waals surface area contributed by atoms with Gasteiger partial charge in [-0.3, -0.25) is 4.79 Å². The molecule has 66 valence electrons. The van der Waals surface area contributed by atoms with Crippen LogP contribution in [0.4, 0.5) is 0 Å². The van der Waals surface area contributed by atoms with Crippen molar-refractivity contribution in [2.45, 2.75) is 6.92 Å². The van der Waals surface area contributed by atoms with Gasteiger partial charge in [0.1, 0.15) is 0 Å². The number of hydrogen-bond acceptors (Lipinski definition) is 3. The van der Waals surface area contributed by atoms with Crippen LogP contribution in [0.15, 0.2) is 10.7 Å². The van der Waals surface area contributed by atoms with Crippen molar-refractivity contribution in [3.63, 3.8) is 0 Å². The molecule has 1 fully saturated rings. The van der Waals surface area contributed by atoms with Gasteiger partial charge in [0.25, 0.3) is 5.70 Å². The lowest BCUT2D eigenvalue weighted by molar-refractivity contribution is -0.125. The molecule has 5 heteroatoms. The Morgan fingerprint density at radius 1 is 1.92 bits per heavy atom. The van der Waals surface area contributed by atoms with Crippen molar-refractivity contribution in [2.24, 2.45) is 0 Å². The van der Waals surface area contributed by atoms with Gasteiger partial charge in [-0.2, -0.15) is 0 Å². The van der Waals surface area contributed by atoms with E-state index < -0.39 is 0 Å². The predicted octanol–water partition coefficient (Wildman–Crippen LogP) is 1.19. The Kier molecular flexibility index (Phi) is 2.94. The van der Waals surface area contributed by atoms with E-state index in [0.717, 1.165) is 0 Å². The Hall–Kier alpha value is -1.46. The molecule has 1 saturated heterocycles. The van der Waals surface area contributed by atoms with E-state index in [2.05, 4.69) is 4.85 Å². The number of thioether (sulfide) groups is 1. The van der Waals surface area contributed by atoms with Crippen molar-refractivity contribution in [1.82, 2.24) is 4.90 Å². The van der Waals surface area contributed by atoms with Gasteiger partial charge in [0.15, 0.2) is 0 Å². The number of carbonyl (C=O) groups is 1. The highest BCUT2D eigenvalue weighted by atomic mass is 32.2. The van der Waals surface area contributed by atoms with Gasteiger partial charge in [-0.15, -0.1) is 11.8 Å². The zero-order chi connectivity index (χ0) is 9.84. The van der Waals surface area contributed by atoms with E-state index in [-0.39, 0.29) is 11.6 Å². The number of rotatable bonds is 1. The molecule has 0 radical (unpaired) electrons. The average Bonchev–Trinajstić information content (AvgIpc) is 2.50. The SMILES string of the molecule is [C-]#[N+]C(C#N)=C1SCC(=O)N1CC. The van der Waals surface area contributed by atoms with Crippen LogP contribution in [0.3, 0.4) is 0 Å². The maximum absolute atomic E-state index is 11.2. The highest BCUT2D eigenvalue weighted by Gasteiger charge is 2.27. The molecule has 1 aliphatic rings. The normalized spacial score (nSPS) is 19.6. The van der Waals surface area contributed by atoms with Crippen LogP contribution >= 0.6 is 11.8 Å². The van der Waals surface area contributed by atoms with Crippen molar-refractivity contribution >= 4 is 17.7 Å². The second-order valence-electron chi connectivity index (χ2n) is 2.30. The van der Waals surface area contributed by atoms with Crippen LogP contribution in [0.2, 0.25) is 0 Å². The van der Waals surface area contributed by atoms with E-state index in [9.17, 15) is 4.79 Å². The number of amides is 1. The molecule has 0 bridgehead atoms. The summed E-state index contributed by atoms with van der Waals surface area (Å²) in [4.78, 5) is 15.8. The summed E-state index contributed by atoms with van der Waals surface area (Å²) in [7, 11) is 0. The first-order valence-corrected chi connectivity index (χ1v) is 4.68. The number of allylic oxidation sites excluding steroid dienone is 1. The molecule has 0 aromatic carbocycles. The van der Waals surface area contributed by atoms with Crippen LogP contribution in [0.1, 0.15) is 6.92 Å². The zero-order valence-corrected chi connectivity index (χ0v) is 7.89. The van der Waals surface area contributed by atoms with Crippen LogP contribution in [0.5, 0.6) is 0 Å². The number of carbonyl (C=O) groups excluding carboxylic acids is 1. The molecule has 0 aromatic heterocycles. The van der Waals surface area contributed by atoms with Crippen molar-refractivity contribution < 1.29 is 4.79 Å². The summed E-state index contributed by atoms with van der Waals surface area (Å²) in [5.41, 5.74) is 0.0118. The van der Waals surface area contributed by atoms with Gasteiger partial charge < -0.3 is 4.90 Å². The minimum absolute atomic E-state index is 0.0118. The molecular formula is C8H7N3OS. The number of nitriles is 1. The molecule has 0 saturated carbocycles. The van der Waals surface area contributed by atoms with Crippen molar-refractivity contribution in [2.75, 3.05) is 12.3 Å². The Bertz CT molecular complexity index is 331. The quantitative estimate of drug-likeness (QED) is 0.464. The molecule has 1 aliphatic heterocycles. The average molecular weight is 193 g/mol. The summed E-state index contributed by atoms with van der Waals surface area (Å²) in [6.07, 6.45) is 0. The maximum Gasteiger partial charge on any atom is 0.291 e. The highest BCUT2D eigenvalue weighted by Crippen LogP contribution is 2.31. The molecule has 1 amide bonds. The summed E-state index contributed by atoms with van der Waals surface area (Å²) >= 11 is 1.26. The van der Waals surface area contributed by atoms with E-state index in [4.69, 9.17) is 11.8 Å². The summed E-state index contributed by atoms with van der Waals surface area (Å²) in [5, 5.41) is 9.12. The molecule has 0 aliphatic carbocycles. The van der Waals surface area contributed by atoms with Gasteiger partial charge in [-0.1, -0.05) is 0 Å². The highest BCUT2D eigenvalue weighted by molar-refractivity contribution is 8.04. The first-order valence-electron chi connectivity index (χ1n) is 3.69. The molecule has 0 aromatic rings. The molecule has 1 heterocycles. The van der Waals surface area contributed by atoms with E-state index >= 15 is 0 Å². The fourth-order valence-electron chi connectivity index (χ4n) is 1.04. The second-order valence-corrected chi connectivity index (χ2v) is 3.27. The molecule has 13 heavy (non-hydrogen) atoms. The van der Waals surface area contributed by atoms with Crippen LogP contribution in [-0.4, -0.2) is 23.1 Å². The minimum Gasteiger partial charge on any atom is -0.315 e. The van der Waals surface area contributed by atoms with E-state index in [1.165, 1.54) is 16.7 Å². The van der Waals surface area contributed by atoms with Gasteiger partial charge >= 0.3 is 0 Å². The molecule has 1 rings (SSSR count). The zero-order valence-electron chi connectivity index (χ0n) is 7.07. The second kappa shape index (κ2) is 3.97. The lowest BCUT2D eigenvalue weighted by Crippen LogP contribution is -2.24. The lowest BCUT2D eigenvalue weighted by Gasteiger charge is -2.13. The summed E-state index contributed by atoms with van der Waals surface area (Å²) in [6.45, 7) is 9.09. The third-order valence-electron chi connectivity index (χ3n) is 1.62.